The number of nitro groups is 1. The minimum absolute atomic E-state index is 0.132. The Balaban J connectivity index is 1.73. The quantitative estimate of drug-likeness (QED) is 0.609. The van der Waals surface area contributed by atoms with Crippen molar-refractivity contribution >= 4 is 17.6 Å². The highest BCUT2D eigenvalue weighted by molar-refractivity contribution is 5.95. The average molecular weight is 359 g/mol. The van der Waals surface area contributed by atoms with Gasteiger partial charge in [0, 0.05) is 17.7 Å². The predicted octanol–water partition coefficient (Wildman–Crippen LogP) is 1.55. The Hall–Kier alpha value is -3.30. The van der Waals surface area contributed by atoms with E-state index in [2.05, 4.69) is 15.4 Å². The van der Waals surface area contributed by atoms with Crippen molar-refractivity contribution in [1.29, 1.82) is 0 Å². The van der Waals surface area contributed by atoms with Gasteiger partial charge in [0.05, 0.1) is 10.8 Å². The molecule has 1 aromatic heterocycles. The van der Waals surface area contributed by atoms with Gasteiger partial charge < -0.3 is 10.4 Å². The SMILES string of the molecule is O=C(NC1CCC(C(=O)O)CC1)c1ccc(-n2cncn2)c([N+](=O)[O-])c1. The van der Waals surface area contributed by atoms with Crippen molar-refractivity contribution in [3.8, 4) is 5.69 Å². The molecule has 0 atom stereocenters. The Morgan fingerprint density at radius 3 is 2.58 bits per heavy atom. The number of amides is 1. The van der Waals surface area contributed by atoms with E-state index in [1.807, 2.05) is 0 Å². The van der Waals surface area contributed by atoms with Gasteiger partial charge >= 0.3 is 5.97 Å². The molecule has 3 rings (SSSR count). The molecule has 136 valence electrons. The first-order valence-corrected chi connectivity index (χ1v) is 8.13. The van der Waals surface area contributed by atoms with Crippen LogP contribution in [0.2, 0.25) is 0 Å². The zero-order chi connectivity index (χ0) is 18.7. The molecule has 1 fully saturated rings. The van der Waals surface area contributed by atoms with Crippen LogP contribution in [0.25, 0.3) is 5.69 Å². The minimum atomic E-state index is -0.811. The van der Waals surface area contributed by atoms with E-state index in [0.717, 1.165) is 0 Å². The van der Waals surface area contributed by atoms with Crippen LogP contribution in [0.1, 0.15) is 36.0 Å². The summed E-state index contributed by atoms with van der Waals surface area (Å²) in [4.78, 5) is 37.9. The first kappa shape index (κ1) is 17.5. The van der Waals surface area contributed by atoms with Crippen LogP contribution >= 0.6 is 0 Å². The van der Waals surface area contributed by atoms with Gasteiger partial charge in [0.1, 0.15) is 18.3 Å². The number of nitrogens with one attached hydrogen (secondary N) is 1. The van der Waals surface area contributed by atoms with Crippen molar-refractivity contribution in [3.63, 3.8) is 0 Å². The monoisotopic (exact) mass is 359 g/mol. The predicted molar refractivity (Wildman–Crippen MR) is 88.9 cm³/mol. The first-order chi connectivity index (χ1) is 12.5. The van der Waals surface area contributed by atoms with Gasteiger partial charge in [-0.2, -0.15) is 5.10 Å². The minimum Gasteiger partial charge on any atom is -0.481 e. The van der Waals surface area contributed by atoms with Crippen molar-refractivity contribution in [1.82, 2.24) is 20.1 Å². The van der Waals surface area contributed by atoms with Gasteiger partial charge in [-0.1, -0.05) is 0 Å². The third kappa shape index (κ3) is 3.68. The van der Waals surface area contributed by atoms with Crippen molar-refractivity contribution in [3.05, 3.63) is 46.5 Å². The maximum Gasteiger partial charge on any atom is 0.306 e. The van der Waals surface area contributed by atoms with Crippen molar-refractivity contribution in [2.24, 2.45) is 5.92 Å². The molecule has 0 bridgehead atoms. The van der Waals surface area contributed by atoms with Crippen LogP contribution in [0.5, 0.6) is 0 Å². The number of hydrogen-bond donors (Lipinski definition) is 2. The van der Waals surface area contributed by atoms with Crippen LogP contribution in [-0.2, 0) is 4.79 Å². The summed E-state index contributed by atoms with van der Waals surface area (Å²) in [5.41, 5.74) is 0.129. The Bertz CT molecular complexity index is 828. The standard InChI is InChI=1S/C16H17N5O5/c22-15(19-12-4-1-10(2-5-12)16(23)24)11-3-6-13(14(7-11)21(25)26)20-9-17-8-18-20/h3,6-10,12H,1-2,4-5H2,(H,19,22)(H,23,24). The number of hydrogen-bond acceptors (Lipinski definition) is 6. The molecule has 0 saturated heterocycles. The lowest BCUT2D eigenvalue weighted by Gasteiger charge is -2.26. The third-order valence-electron chi connectivity index (χ3n) is 4.51. The van der Waals surface area contributed by atoms with E-state index in [-0.39, 0.29) is 28.9 Å². The smallest absolute Gasteiger partial charge is 0.306 e. The molecule has 26 heavy (non-hydrogen) atoms. The highest BCUT2D eigenvalue weighted by Gasteiger charge is 2.27. The number of aliphatic carboxylic acids is 1. The fourth-order valence-electron chi connectivity index (χ4n) is 3.09. The summed E-state index contributed by atoms with van der Waals surface area (Å²) in [7, 11) is 0. The van der Waals surface area contributed by atoms with Crippen LogP contribution in [0.4, 0.5) is 5.69 Å². The molecule has 1 saturated carbocycles. The Kier molecular flexibility index (Phi) is 4.92. The molecule has 0 spiro atoms. The second-order valence-electron chi connectivity index (χ2n) is 6.16. The van der Waals surface area contributed by atoms with Crippen molar-refractivity contribution < 1.29 is 19.6 Å². The molecule has 0 unspecified atom stereocenters. The molecular weight excluding hydrogens is 342 g/mol. The zero-order valence-corrected chi connectivity index (χ0v) is 13.7. The van der Waals surface area contributed by atoms with Crippen LogP contribution in [0.15, 0.2) is 30.9 Å². The molecule has 1 aliphatic rings. The maximum atomic E-state index is 12.4. The van der Waals surface area contributed by atoms with Gasteiger partial charge in [0.25, 0.3) is 11.6 Å². The molecule has 1 heterocycles. The number of benzene rings is 1. The second-order valence-corrected chi connectivity index (χ2v) is 6.16. The summed E-state index contributed by atoms with van der Waals surface area (Å²) < 4.78 is 1.26. The number of carbonyl (C=O) groups is 2. The zero-order valence-electron chi connectivity index (χ0n) is 13.7. The lowest BCUT2D eigenvalue weighted by atomic mass is 9.86. The highest BCUT2D eigenvalue weighted by Crippen LogP contribution is 2.26. The van der Waals surface area contributed by atoms with E-state index in [1.165, 1.54) is 35.5 Å². The molecule has 10 heteroatoms. The lowest BCUT2D eigenvalue weighted by Crippen LogP contribution is -2.38. The number of carboxylic acids is 1. The number of rotatable bonds is 5. The van der Waals surface area contributed by atoms with Gasteiger partial charge in [-0.15, -0.1) is 0 Å². The van der Waals surface area contributed by atoms with E-state index < -0.39 is 16.8 Å². The summed E-state index contributed by atoms with van der Waals surface area (Å²) >= 11 is 0. The third-order valence-corrected chi connectivity index (χ3v) is 4.51. The Labute approximate surface area is 148 Å². The van der Waals surface area contributed by atoms with Gasteiger partial charge in [-0.05, 0) is 37.8 Å². The highest BCUT2D eigenvalue weighted by atomic mass is 16.6. The average Bonchev–Trinajstić information content (AvgIpc) is 3.16. The van der Waals surface area contributed by atoms with E-state index >= 15 is 0 Å². The Morgan fingerprint density at radius 2 is 2.00 bits per heavy atom. The fraction of sp³-hybridized carbons (Fsp3) is 0.375. The number of aromatic nitrogens is 3. The number of carboxylic acid groups (broad SMARTS) is 1. The molecule has 10 nitrogen and oxygen atoms in total. The van der Waals surface area contributed by atoms with Crippen LogP contribution in [0, 0.1) is 16.0 Å². The first-order valence-electron chi connectivity index (χ1n) is 8.13. The van der Waals surface area contributed by atoms with Gasteiger partial charge in [0.15, 0.2) is 0 Å². The van der Waals surface area contributed by atoms with Gasteiger partial charge in [-0.25, -0.2) is 9.67 Å². The molecule has 2 aromatic rings. The van der Waals surface area contributed by atoms with Crippen LogP contribution in [-0.4, -0.2) is 42.7 Å². The largest absolute Gasteiger partial charge is 0.481 e. The van der Waals surface area contributed by atoms with E-state index in [1.54, 1.807) is 0 Å². The van der Waals surface area contributed by atoms with E-state index in [9.17, 15) is 19.7 Å². The molecule has 1 aliphatic carbocycles. The van der Waals surface area contributed by atoms with E-state index in [0.29, 0.717) is 25.7 Å². The van der Waals surface area contributed by atoms with Crippen LogP contribution in [0.3, 0.4) is 0 Å². The normalized spacial score (nSPS) is 19.7. The maximum absolute atomic E-state index is 12.4. The van der Waals surface area contributed by atoms with Crippen LogP contribution < -0.4 is 5.32 Å². The molecule has 0 radical (unpaired) electrons. The molecular formula is C16H17N5O5. The summed E-state index contributed by atoms with van der Waals surface area (Å²) in [5.74, 6) is -1.60. The summed E-state index contributed by atoms with van der Waals surface area (Å²) in [6.45, 7) is 0. The van der Waals surface area contributed by atoms with Gasteiger partial charge in [-0.3, -0.25) is 19.7 Å². The molecule has 1 aromatic carbocycles. The van der Waals surface area contributed by atoms with Crippen molar-refractivity contribution in [2.75, 3.05) is 0 Å². The topological polar surface area (TPSA) is 140 Å². The number of nitro benzene ring substituents is 1. The summed E-state index contributed by atoms with van der Waals surface area (Å²) in [6.07, 6.45) is 4.75. The molecule has 2 N–H and O–H groups in total. The van der Waals surface area contributed by atoms with Crippen molar-refractivity contribution in [2.45, 2.75) is 31.7 Å². The fourth-order valence-corrected chi connectivity index (χ4v) is 3.09. The summed E-state index contributed by atoms with van der Waals surface area (Å²) in [5, 5.41) is 27.0. The Morgan fingerprint density at radius 1 is 1.27 bits per heavy atom. The number of carbonyl (C=O) groups excluding carboxylic acids is 1. The summed E-state index contributed by atoms with van der Waals surface area (Å²) in [6, 6.07) is 4.01. The molecule has 1 amide bonds. The molecule has 0 aliphatic heterocycles. The van der Waals surface area contributed by atoms with E-state index in [4.69, 9.17) is 5.11 Å². The second kappa shape index (κ2) is 7.30. The number of nitrogens with zero attached hydrogens (tertiary/aromatic N) is 4. The lowest BCUT2D eigenvalue weighted by molar-refractivity contribution is -0.384. The van der Waals surface area contributed by atoms with Gasteiger partial charge in [0.2, 0.25) is 0 Å².